The van der Waals surface area contributed by atoms with Crippen LogP contribution in [-0.2, 0) is 5.88 Å². The fourth-order valence-electron chi connectivity index (χ4n) is 1.73. The van der Waals surface area contributed by atoms with E-state index in [1.165, 1.54) is 0 Å². The van der Waals surface area contributed by atoms with E-state index in [1.807, 2.05) is 30.3 Å². The van der Waals surface area contributed by atoms with E-state index in [1.54, 1.807) is 0 Å². The van der Waals surface area contributed by atoms with Crippen LogP contribution in [0.1, 0.15) is 25.3 Å². The Morgan fingerprint density at radius 2 is 2.12 bits per heavy atom. The summed E-state index contributed by atoms with van der Waals surface area (Å²) in [4.78, 5) is 4.47. The van der Waals surface area contributed by atoms with Crippen LogP contribution in [-0.4, -0.2) is 11.6 Å². The maximum atomic E-state index is 5.96. The lowest BCUT2D eigenvalue weighted by Crippen LogP contribution is -1.99. The molecule has 1 aromatic heterocycles. The number of alkyl halides is 1. The van der Waals surface area contributed by atoms with Gasteiger partial charge in [0.05, 0.1) is 12.1 Å². The van der Waals surface area contributed by atoms with Crippen LogP contribution in [0.15, 0.2) is 30.3 Å². The molecule has 0 aliphatic heterocycles. The van der Waals surface area contributed by atoms with Gasteiger partial charge in [0, 0.05) is 17.3 Å². The Bertz CT molecular complexity index is 499. The number of pyridine rings is 1. The van der Waals surface area contributed by atoms with E-state index in [0.29, 0.717) is 18.4 Å². The summed E-state index contributed by atoms with van der Waals surface area (Å²) in [7, 11) is 0. The average Bonchev–Trinajstić information content (AvgIpc) is 2.38. The molecule has 3 heteroatoms. The number of hydrogen-bond donors (Lipinski definition) is 0. The third-order valence-corrected chi connectivity index (χ3v) is 2.96. The van der Waals surface area contributed by atoms with Gasteiger partial charge in [-0.1, -0.05) is 31.5 Å². The number of unbranched alkanes of at least 4 members (excludes halogenated alkanes) is 1. The molecule has 2 rings (SSSR count). The van der Waals surface area contributed by atoms with Crippen molar-refractivity contribution in [1.29, 1.82) is 0 Å². The van der Waals surface area contributed by atoms with Gasteiger partial charge in [0.2, 0.25) is 5.88 Å². The maximum absolute atomic E-state index is 5.96. The minimum Gasteiger partial charge on any atom is -0.478 e. The molecule has 0 spiro atoms. The van der Waals surface area contributed by atoms with Gasteiger partial charge in [-0.2, -0.15) is 0 Å². The Morgan fingerprint density at radius 3 is 2.88 bits per heavy atom. The van der Waals surface area contributed by atoms with Crippen molar-refractivity contribution in [3.63, 3.8) is 0 Å². The standard InChI is InChI=1S/C14H16ClNO/c1-2-3-8-17-14-9-11(10-15)12-6-4-5-7-13(12)16-14/h4-7,9H,2-3,8,10H2,1H3. The van der Waals surface area contributed by atoms with Gasteiger partial charge in [0.25, 0.3) is 0 Å². The van der Waals surface area contributed by atoms with E-state index in [2.05, 4.69) is 11.9 Å². The third kappa shape index (κ3) is 2.89. The van der Waals surface area contributed by atoms with E-state index in [4.69, 9.17) is 16.3 Å². The van der Waals surface area contributed by atoms with Crippen molar-refractivity contribution in [2.45, 2.75) is 25.6 Å². The van der Waals surface area contributed by atoms with Crippen molar-refractivity contribution >= 4 is 22.5 Å². The van der Waals surface area contributed by atoms with E-state index in [0.717, 1.165) is 29.3 Å². The summed E-state index contributed by atoms with van der Waals surface area (Å²) >= 11 is 5.96. The SMILES string of the molecule is CCCCOc1cc(CCl)c2ccccc2n1. The molecule has 17 heavy (non-hydrogen) atoms. The number of benzene rings is 1. The van der Waals surface area contributed by atoms with Crippen LogP contribution in [0, 0.1) is 0 Å². The smallest absolute Gasteiger partial charge is 0.214 e. The first kappa shape index (κ1) is 12.2. The Morgan fingerprint density at radius 1 is 1.29 bits per heavy atom. The summed E-state index contributed by atoms with van der Waals surface area (Å²) in [6.45, 7) is 2.85. The van der Waals surface area contributed by atoms with Crippen LogP contribution < -0.4 is 4.74 Å². The van der Waals surface area contributed by atoms with Crippen LogP contribution in [0.4, 0.5) is 0 Å². The second kappa shape index (κ2) is 5.87. The van der Waals surface area contributed by atoms with Gasteiger partial charge in [-0.3, -0.25) is 0 Å². The fourth-order valence-corrected chi connectivity index (χ4v) is 1.95. The molecule has 0 aliphatic rings. The predicted molar refractivity (Wildman–Crippen MR) is 71.7 cm³/mol. The molecule has 0 fully saturated rings. The first-order valence-electron chi connectivity index (χ1n) is 5.92. The molecule has 0 aliphatic carbocycles. The second-order valence-electron chi connectivity index (χ2n) is 3.97. The number of halogens is 1. The summed E-state index contributed by atoms with van der Waals surface area (Å²) in [5.74, 6) is 1.15. The predicted octanol–water partition coefficient (Wildman–Crippen LogP) is 4.15. The number of hydrogen-bond acceptors (Lipinski definition) is 2. The average molecular weight is 250 g/mol. The Balaban J connectivity index is 2.32. The highest BCUT2D eigenvalue weighted by Gasteiger charge is 2.05. The maximum Gasteiger partial charge on any atom is 0.214 e. The van der Waals surface area contributed by atoms with Crippen molar-refractivity contribution in [3.8, 4) is 5.88 Å². The van der Waals surface area contributed by atoms with Crippen molar-refractivity contribution in [3.05, 3.63) is 35.9 Å². The molecule has 0 bridgehead atoms. The van der Waals surface area contributed by atoms with Crippen molar-refractivity contribution < 1.29 is 4.74 Å². The van der Waals surface area contributed by atoms with Crippen LogP contribution >= 0.6 is 11.6 Å². The molecule has 0 amide bonds. The summed E-state index contributed by atoms with van der Waals surface area (Å²) < 4.78 is 5.63. The summed E-state index contributed by atoms with van der Waals surface area (Å²) in [6.07, 6.45) is 2.17. The summed E-state index contributed by atoms with van der Waals surface area (Å²) in [6, 6.07) is 9.93. The number of fused-ring (bicyclic) bond motifs is 1. The molecule has 1 aromatic carbocycles. The summed E-state index contributed by atoms with van der Waals surface area (Å²) in [5.41, 5.74) is 2.01. The minimum absolute atomic E-state index is 0.479. The molecule has 0 N–H and O–H groups in total. The lowest BCUT2D eigenvalue weighted by molar-refractivity contribution is 0.298. The van der Waals surface area contributed by atoms with Gasteiger partial charge in [0.1, 0.15) is 0 Å². The molecule has 90 valence electrons. The Kier molecular flexibility index (Phi) is 4.21. The van der Waals surface area contributed by atoms with Gasteiger partial charge in [-0.15, -0.1) is 11.6 Å². The van der Waals surface area contributed by atoms with E-state index in [9.17, 15) is 0 Å². The molecule has 2 nitrogen and oxygen atoms in total. The number of para-hydroxylation sites is 1. The highest BCUT2D eigenvalue weighted by atomic mass is 35.5. The van der Waals surface area contributed by atoms with Crippen molar-refractivity contribution in [2.24, 2.45) is 0 Å². The van der Waals surface area contributed by atoms with Gasteiger partial charge in [-0.05, 0) is 18.1 Å². The third-order valence-electron chi connectivity index (χ3n) is 2.67. The first-order valence-corrected chi connectivity index (χ1v) is 6.46. The second-order valence-corrected chi connectivity index (χ2v) is 4.24. The minimum atomic E-state index is 0.479. The van der Waals surface area contributed by atoms with Gasteiger partial charge in [0.15, 0.2) is 0 Å². The molecule has 1 heterocycles. The number of aromatic nitrogens is 1. The zero-order chi connectivity index (χ0) is 12.1. The first-order chi connectivity index (χ1) is 8.35. The lowest BCUT2D eigenvalue weighted by atomic mass is 10.1. The molecule has 0 saturated heterocycles. The summed E-state index contributed by atoms with van der Waals surface area (Å²) in [5, 5.41) is 1.10. The Hall–Kier alpha value is -1.28. The molecule has 0 radical (unpaired) electrons. The highest BCUT2D eigenvalue weighted by Crippen LogP contribution is 2.23. The van der Waals surface area contributed by atoms with Crippen molar-refractivity contribution in [2.75, 3.05) is 6.61 Å². The molecule has 0 saturated carbocycles. The zero-order valence-electron chi connectivity index (χ0n) is 9.95. The largest absolute Gasteiger partial charge is 0.478 e. The van der Waals surface area contributed by atoms with Crippen molar-refractivity contribution in [1.82, 2.24) is 4.98 Å². The van der Waals surface area contributed by atoms with Gasteiger partial charge < -0.3 is 4.74 Å². The van der Waals surface area contributed by atoms with Crippen LogP contribution in [0.25, 0.3) is 10.9 Å². The number of ether oxygens (including phenoxy) is 1. The molecular weight excluding hydrogens is 234 g/mol. The molecule has 2 aromatic rings. The lowest BCUT2D eigenvalue weighted by Gasteiger charge is -2.08. The van der Waals surface area contributed by atoms with Gasteiger partial charge in [-0.25, -0.2) is 4.98 Å². The van der Waals surface area contributed by atoms with Crippen LogP contribution in [0.5, 0.6) is 5.88 Å². The fraction of sp³-hybridized carbons (Fsp3) is 0.357. The topological polar surface area (TPSA) is 22.1 Å². The zero-order valence-corrected chi connectivity index (χ0v) is 10.7. The monoisotopic (exact) mass is 249 g/mol. The quantitative estimate of drug-likeness (QED) is 0.587. The molecular formula is C14H16ClNO. The van der Waals surface area contributed by atoms with E-state index < -0.39 is 0 Å². The highest BCUT2D eigenvalue weighted by molar-refractivity contribution is 6.18. The van der Waals surface area contributed by atoms with E-state index >= 15 is 0 Å². The molecule has 0 unspecified atom stereocenters. The van der Waals surface area contributed by atoms with Crippen LogP contribution in [0.3, 0.4) is 0 Å². The molecule has 0 atom stereocenters. The van der Waals surface area contributed by atoms with E-state index in [-0.39, 0.29) is 0 Å². The number of rotatable bonds is 5. The van der Waals surface area contributed by atoms with Gasteiger partial charge >= 0.3 is 0 Å². The van der Waals surface area contributed by atoms with Crippen LogP contribution in [0.2, 0.25) is 0 Å². The normalized spacial score (nSPS) is 10.7. The number of nitrogens with zero attached hydrogens (tertiary/aromatic N) is 1. The Labute approximate surface area is 107 Å².